The van der Waals surface area contributed by atoms with E-state index in [0.29, 0.717) is 6.61 Å². The molecule has 0 aliphatic rings. The SMILES string of the molecule is Cc1ccc(N)c(C)c1OCc1cccc(O)c1. The number of aryl methyl sites for hydroxylation is 1. The lowest BCUT2D eigenvalue weighted by Crippen LogP contribution is -2.01. The van der Waals surface area contributed by atoms with Crippen molar-refractivity contribution in [1.82, 2.24) is 0 Å². The molecule has 0 saturated heterocycles. The predicted octanol–water partition coefficient (Wildman–Crippen LogP) is 3.17. The van der Waals surface area contributed by atoms with E-state index in [0.717, 1.165) is 28.1 Å². The molecule has 2 aromatic carbocycles. The Morgan fingerprint density at radius 2 is 1.94 bits per heavy atom. The Morgan fingerprint density at radius 1 is 1.17 bits per heavy atom. The third-order valence-electron chi connectivity index (χ3n) is 2.94. The molecule has 0 amide bonds. The zero-order valence-corrected chi connectivity index (χ0v) is 10.6. The van der Waals surface area contributed by atoms with Crippen molar-refractivity contribution in [3.05, 3.63) is 53.1 Å². The smallest absolute Gasteiger partial charge is 0.127 e. The maximum Gasteiger partial charge on any atom is 0.127 e. The number of rotatable bonds is 3. The Kier molecular flexibility index (Phi) is 3.42. The maximum atomic E-state index is 9.39. The standard InChI is InChI=1S/C15H17NO2/c1-10-6-7-14(16)11(2)15(10)18-9-12-4-3-5-13(17)8-12/h3-8,17H,9,16H2,1-2H3. The summed E-state index contributed by atoms with van der Waals surface area (Å²) >= 11 is 0. The second-order valence-corrected chi connectivity index (χ2v) is 4.38. The Labute approximate surface area is 107 Å². The highest BCUT2D eigenvalue weighted by atomic mass is 16.5. The van der Waals surface area contributed by atoms with Gasteiger partial charge in [-0.15, -0.1) is 0 Å². The zero-order chi connectivity index (χ0) is 13.1. The first-order valence-corrected chi connectivity index (χ1v) is 5.84. The van der Waals surface area contributed by atoms with E-state index in [4.69, 9.17) is 10.5 Å². The van der Waals surface area contributed by atoms with Crippen molar-refractivity contribution in [2.75, 3.05) is 5.73 Å². The fourth-order valence-corrected chi connectivity index (χ4v) is 1.87. The number of hydrogen-bond acceptors (Lipinski definition) is 3. The first-order chi connectivity index (χ1) is 8.58. The van der Waals surface area contributed by atoms with Crippen LogP contribution in [0.25, 0.3) is 0 Å². The summed E-state index contributed by atoms with van der Waals surface area (Å²) in [5.74, 6) is 1.07. The van der Waals surface area contributed by atoms with Gasteiger partial charge in [0.15, 0.2) is 0 Å². The average Bonchev–Trinajstić information content (AvgIpc) is 2.34. The molecule has 0 spiro atoms. The second-order valence-electron chi connectivity index (χ2n) is 4.38. The molecule has 0 radical (unpaired) electrons. The highest BCUT2D eigenvalue weighted by Crippen LogP contribution is 2.28. The summed E-state index contributed by atoms with van der Waals surface area (Å²) in [6, 6.07) is 10.9. The molecule has 0 atom stereocenters. The second kappa shape index (κ2) is 5.00. The van der Waals surface area contributed by atoms with Crippen molar-refractivity contribution in [2.24, 2.45) is 0 Å². The predicted molar refractivity (Wildman–Crippen MR) is 72.8 cm³/mol. The quantitative estimate of drug-likeness (QED) is 0.814. The van der Waals surface area contributed by atoms with E-state index in [1.54, 1.807) is 18.2 Å². The lowest BCUT2D eigenvalue weighted by Gasteiger charge is -2.13. The molecule has 0 fully saturated rings. The first-order valence-electron chi connectivity index (χ1n) is 5.84. The van der Waals surface area contributed by atoms with E-state index in [2.05, 4.69) is 0 Å². The Balaban J connectivity index is 2.18. The molecule has 3 N–H and O–H groups in total. The lowest BCUT2D eigenvalue weighted by atomic mass is 10.1. The summed E-state index contributed by atoms with van der Waals surface area (Å²) in [7, 11) is 0. The van der Waals surface area contributed by atoms with Crippen LogP contribution in [0.15, 0.2) is 36.4 Å². The molecule has 18 heavy (non-hydrogen) atoms. The number of ether oxygens (including phenoxy) is 1. The first kappa shape index (κ1) is 12.3. The van der Waals surface area contributed by atoms with Crippen molar-refractivity contribution in [3.8, 4) is 11.5 Å². The molecule has 2 aromatic rings. The van der Waals surface area contributed by atoms with Gasteiger partial charge in [0.2, 0.25) is 0 Å². The van der Waals surface area contributed by atoms with Gasteiger partial charge in [-0.1, -0.05) is 18.2 Å². The monoisotopic (exact) mass is 243 g/mol. The van der Waals surface area contributed by atoms with E-state index in [1.807, 2.05) is 32.0 Å². The van der Waals surface area contributed by atoms with Crippen molar-refractivity contribution >= 4 is 5.69 Å². The highest BCUT2D eigenvalue weighted by Gasteiger charge is 2.07. The van der Waals surface area contributed by atoms with Crippen LogP contribution in [0.1, 0.15) is 16.7 Å². The normalized spacial score (nSPS) is 10.3. The van der Waals surface area contributed by atoms with Gasteiger partial charge in [0, 0.05) is 11.3 Å². The molecule has 3 heteroatoms. The van der Waals surface area contributed by atoms with E-state index in [9.17, 15) is 5.11 Å². The summed E-state index contributed by atoms with van der Waals surface area (Å²) in [6.07, 6.45) is 0. The fraction of sp³-hybridized carbons (Fsp3) is 0.200. The number of phenolic OH excluding ortho intramolecular Hbond substituents is 1. The molecule has 0 unspecified atom stereocenters. The minimum Gasteiger partial charge on any atom is -0.508 e. The van der Waals surface area contributed by atoms with Crippen LogP contribution in [-0.2, 0) is 6.61 Å². The van der Waals surface area contributed by atoms with Crippen LogP contribution in [0.3, 0.4) is 0 Å². The van der Waals surface area contributed by atoms with Gasteiger partial charge in [-0.2, -0.15) is 0 Å². The number of hydrogen-bond donors (Lipinski definition) is 2. The molecule has 3 nitrogen and oxygen atoms in total. The molecule has 2 rings (SSSR count). The molecule has 0 aliphatic heterocycles. The van der Waals surface area contributed by atoms with Gasteiger partial charge >= 0.3 is 0 Å². The van der Waals surface area contributed by atoms with Crippen LogP contribution < -0.4 is 10.5 Å². The van der Waals surface area contributed by atoms with Crippen LogP contribution in [0, 0.1) is 13.8 Å². The van der Waals surface area contributed by atoms with Gasteiger partial charge in [0.1, 0.15) is 18.1 Å². The topological polar surface area (TPSA) is 55.5 Å². The van der Waals surface area contributed by atoms with E-state index < -0.39 is 0 Å². The van der Waals surface area contributed by atoms with Gasteiger partial charge in [0.25, 0.3) is 0 Å². The van der Waals surface area contributed by atoms with Gasteiger partial charge in [0.05, 0.1) is 0 Å². The van der Waals surface area contributed by atoms with Crippen molar-refractivity contribution < 1.29 is 9.84 Å². The van der Waals surface area contributed by atoms with Crippen LogP contribution in [0.5, 0.6) is 11.5 Å². The minimum absolute atomic E-state index is 0.247. The highest BCUT2D eigenvalue weighted by molar-refractivity contribution is 5.56. The summed E-state index contributed by atoms with van der Waals surface area (Å²) in [6.45, 7) is 4.35. The summed E-state index contributed by atoms with van der Waals surface area (Å²) < 4.78 is 5.80. The third kappa shape index (κ3) is 2.56. The summed E-state index contributed by atoms with van der Waals surface area (Å²) in [5, 5.41) is 9.39. The van der Waals surface area contributed by atoms with Crippen molar-refractivity contribution in [3.63, 3.8) is 0 Å². The molecule has 0 saturated carbocycles. The van der Waals surface area contributed by atoms with E-state index in [-0.39, 0.29) is 5.75 Å². The Hall–Kier alpha value is -2.16. The largest absolute Gasteiger partial charge is 0.508 e. The fourth-order valence-electron chi connectivity index (χ4n) is 1.87. The zero-order valence-electron chi connectivity index (χ0n) is 10.6. The molecule has 0 heterocycles. The maximum absolute atomic E-state index is 9.39. The van der Waals surface area contributed by atoms with Crippen molar-refractivity contribution in [2.45, 2.75) is 20.5 Å². The van der Waals surface area contributed by atoms with Gasteiger partial charge in [-0.25, -0.2) is 0 Å². The molecule has 94 valence electrons. The van der Waals surface area contributed by atoms with Gasteiger partial charge in [-0.3, -0.25) is 0 Å². The van der Waals surface area contributed by atoms with Crippen LogP contribution in [0.4, 0.5) is 5.69 Å². The van der Waals surface area contributed by atoms with E-state index in [1.165, 1.54) is 0 Å². The number of benzene rings is 2. The summed E-state index contributed by atoms with van der Waals surface area (Å²) in [4.78, 5) is 0. The molecular formula is C15H17NO2. The number of nitrogen functional groups attached to an aromatic ring is 1. The number of anilines is 1. The number of phenols is 1. The molecular weight excluding hydrogens is 226 g/mol. The Bertz CT molecular complexity index is 564. The average molecular weight is 243 g/mol. The number of nitrogens with two attached hydrogens (primary N) is 1. The molecule has 0 bridgehead atoms. The lowest BCUT2D eigenvalue weighted by molar-refractivity contribution is 0.301. The van der Waals surface area contributed by atoms with Gasteiger partial charge < -0.3 is 15.6 Å². The molecule has 0 aromatic heterocycles. The third-order valence-corrected chi connectivity index (χ3v) is 2.94. The molecule has 0 aliphatic carbocycles. The van der Waals surface area contributed by atoms with E-state index >= 15 is 0 Å². The summed E-state index contributed by atoms with van der Waals surface area (Å²) in [5.41, 5.74) is 9.53. The van der Waals surface area contributed by atoms with Crippen LogP contribution in [-0.4, -0.2) is 5.11 Å². The minimum atomic E-state index is 0.247. The Morgan fingerprint density at radius 3 is 2.67 bits per heavy atom. The van der Waals surface area contributed by atoms with Crippen LogP contribution in [0.2, 0.25) is 0 Å². The van der Waals surface area contributed by atoms with Crippen molar-refractivity contribution in [1.29, 1.82) is 0 Å². The number of aromatic hydroxyl groups is 1. The van der Waals surface area contributed by atoms with Gasteiger partial charge in [-0.05, 0) is 43.2 Å². The van der Waals surface area contributed by atoms with Crippen LogP contribution >= 0.6 is 0 Å².